The van der Waals surface area contributed by atoms with Gasteiger partial charge in [-0.3, -0.25) is 14.6 Å². The van der Waals surface area contributed by atoms with Gasteiger partial charge in [-0.15, -0.1) is 0 Å². The average molecular weight is 643 g/mol. The van der Waals surface area contributed by atoms with Gasteiger partial charge in [-0.1, -0.05) is 48.0 Å². The van der Waals surface area contributed by atoms with E-state index in [4.69, 9.17) is 26.2 Å². The molecule has 4 aromatic rings. The van der Waals surface area contributed by atoms with E-state index in [9.17, 15) is 19.2 Å². The molecule has 0 unspecified atom stereocenters. The highest BCUT2D eigenvalue weighted by Gasteiger charge is 2.28. The van der Waals surface area contributed by atoms with Crippen LogP contribution in [-0.4, -0.2) is 34.1 Å². The topological polar surface area (TPSA) is 134 Å². The molecule has 0 radical (unpaired) electrons. The number of carboxylic acid groups (broad SMARTS) is 1. The van der Waals surface area contributed by atoms with Crippen LogP contribution < -0.4 is 20.1 Å². The minimum Gasteiger partial charge on any atom is -0.488 e. The Labute approximate surface area is 271 Å². The number of rotatable bonds is 12. The Balaban J connectivity index is 1.39. The highest BCUT2D eigenvalue weighted by molar-refractivity contribution is 6.32. The van der Waals surface area contributed by atoms with Crippen LogP contribution in [0.15, 0.2) is 73.1 Å². The SMILES string of the molecule is C[C@H](NC(=O)[C@H](C)NCc1cc(Cl)c(O[C@H]2CCc3c(-c4ccccc4F)cccc32)cc1OCc1cncc(C#N)c1)C(=O)O. The molecule has 0 fully saturated rings. The number of nitriles is 1. The van der Waals surface area contributed by atoms with E-state index in [-0.39, 0.29) is 25.1 Å². The Kier molecular flexibility index (Phi) is 10.2. The van der Waals surface area contributed by atoms with Crippen molar-refractivity contribution in [3.63, 3.8) is 0 Å². The lowest BCUT2D eigenvalue weighted by molar-refractivity contribution is -0.141. The minimum absolute atomic E-state index is 0.0982. The zero-order valence-corrected chi connectivity index (χ0v) is 26.0. The van der Waals surface area contributed by atoms with Gasteiger partial charge in [-0.25, -0.2) is 4.39 Å². The second kappa shape index (κ2) is 14.4. The van der Waals surface area contributed by atoms with Gasteiger partial charge >= 0.3 is 5.97 Å². The van der Waals surface area contributed by atoms with Crippen molar-refractivity contribution in [3.05, 3.63) is 112 Å². The number of nitrogens with one attached hydrogen (secondary N) is 2. The van der Waals surface area contributed by atoms with Crippen LogP contribution in [0.1, 0.15) is 54.2 Å². The first kappa shape index (κ1) is 32.4. The molecule has 11 heteroatoms. The van der Waals surface area contributed by atoms with Crippen LogP contribution in [0.25, 0.3) is 11.1 Å². The molecule has 0 spiro atoms. The number of ether oxygens (including phenoxy) is 2. The second-order valence-electron chi connectivity index (χ2n) is 11.0. The van der Waals surface area contributed by atoms with Gasteiger partial charge in [0.15, 0.2) is 0 Å². The van der Waals surface area contributed by atoms with Crippen LogP contribution in [0, 0.1) is 17.1 Å². The third-order valence-corrected chi connectivity index (χ3v) is 8.10. The predicted octanol–water partition coefficient (Wildman–Crippen LogP) is 6.13. The summed E-state index contributed by atoms with van der Waals surface area (Å²) in [6, 6.07) is 17.9. The molecule has 5 rings (SSSR count). The molecule has 3 aromatic carbocycles. The fourth-order valence-electron chi connectivity index (χ4n) is 5.31. The summed E-state index contributed by atoms with van der Waals surface area (Å²) in [5.41, 5.74) is 5.06. The number of pyridine rings is 1. The number of hydrogen-bond acceptors (Lipinski definition) is 7. The van der Waals surface area contributed by atoms with Gasteiger partial charge in [-0.2, -0.15) is 5.26 Å². The largest absolute Gasteiger partial charge is 0.488 e. The number of nitrogens with zero attached hydrogens (tertiary/aromatic N) is 2. The van der Waals surface area contributed by atoms with Gasteiger partial charge in [0.25, 0.3) is 0 Å². The van der Waals surface area contributed by atoms with E-state index in [0.717, 1.165) is 16.7 Å². The fraction of sp³-hybridized carbons (Fsp3) is 0.257. The van der Waals surface area contributed by atoms with E-state index >= 15 is 0 Å². The molecule has 3 N–H and O–H groups in total. The second-order valence-corrected chi connectivity index (χ2v) is 11.4. The lowest BCUT2D eigenvalue weighted by atomic mass is 9.96. The molecule has 1 amide bonds. The Morgan fingerprint density at radius 3 is 2.63 bits per heavy atom. The van der Waals surface area contributed by atoms with Crippen molar-refractivity contribution in [1.82, 2.24) is 15.6 Å². The molecule has 0 saturated heterocycles. The lowest BCUT2D eigenvalue weighted by Gasteiger charge is -2.21. The van der Waals surface area contributed by atoms with Crippen molar-refractivity contribution in [2.45, 2.75) is 58.0 Å². The van der Waals surface area contributed by atoms with Crippen molar-refractivity contribution in [2.75, 3.05) is 0 Å². The molecule has 3 atom stereocenters. The van der Waals surface area contributed by atoms with Crippen LogP contribution in [0.5, 0.6) is 11.5 Å². The van der Waals surface area contributed by atoms with Crippen molar-refractivity contribution in [3.8, 4) is 28.7 Å². The zero-order valence-electron chi connectivity index (χ0n) is 25.2. The van der Waals surface area contributed by atoms with Crippen LogP contribution in [0.4, 0.5) is 4.39 Å². The van der Waals surface area contributed by atoms with Gasteiger partial charge in [-0.05, 0) is 61.6 Å². The first-order valence-corrected chi connectivity index (χ1v) is 15.1. The summed E-state index contributed by atoms with van der Waals surface area (Å²) in [6.45, 7) is 3.27. The summed E-state index contributed by atoms with van der Waals surface area (Å²) in [7, 11) is 0. The molecule has 1 aliphatic carbocycles. The number of carboxylic acids is 1. The van der Waals surface area contributed by atoms with E-state index in [1.807, 2.05) is 24.3 Å². The Morgan fingerprint density at radius 1 is 1.09 bits per heavy atom. The quantitative estimate of drug-likeness (QED) is 0.168. The number of amides is 1. The van der Waals surface area contributed by atoms with Crippen molar-refractivity contribution in [1.29, 1.82) is 5.26 Å². The molecule has 1 heterocycles. The molecule has 1 aliphatic rings. The number of halogens is 2. The Bertz CT molecular complexity index is 1810. The Morgan fingerprint density at radius 2 is 1.87 bits per heavy atom. The number of hydrogen-bond donors (Lipinski definition) is 3. The molecule has 0 bridgehead atoms. The van der Waals surface area contributed by atoms with Crippen LogP contribution in [0.2, 0.25) is 5.02 Å². The summed E-state index contributed by atoms with van der Waals surface area (Å²) in [5, 5.41) is 24.2. The molecule has 46 heavy (non-hydrogen) atoms. The standard InChI is InChI=1S/C35H32ClFN4O5/c1-20(34(42)41-21(2)35(43)44)40-18-24-13-29(36)33(14-32(24)45-19-23-12-22(15-38)16-39-17-23)46-31-11-10-26-25(7-5-8-28(26)31)27-6-3-4-9-30(27)37/h3-9,12-14,16-17,20-21,31,40H,10-11,18-19H2,1-2H3,(H,41,42)(H,43,44)/t20-,21-,31-/m0/s1. The summed E-state index contributed by atoms with van der Waals surface area (Å²) in [5.74, 6) is -1.08. The number of aromatic nitrogens is 1. The lowest BCUT2D eigenvalue weighted by Crippen LogP contribution is -2.47. The van der Waals surface area contributed by atoms with E-state index < -0.39 is 24.0 Å². The van der Waals surface area contributed by atoms with E-state index in [1.54, 1.807) is 43.5 Å². The molecular weight excluding hydrogens is 611 g/mol. The van der Waals surface area contributed by atoms with Gasteiger partial charge in [0, 0.05) is 41.7 Å². The third kappa shape index (κ3) is 7.45. The maximum atomic E-state index is 14.7. The number of carbonyl (C=O) groups is 2. The molecule has 0 saturated carbocycles. The summed E-state index contributed by atoms with van der Waals surface area (Å²) in [4.78, 5) is 27.8. The van der Waals surface area contributed by atoms with Crippen molar-refractivity contribution < 1.29 is 28.6 Å². The Hall–Kier alpha value is -4.98. The monoisotopic (exact) mass is 642 g/mol. The molecule has 9 nitrogen and oxygen atoms in total. The fourth-order valence-corrected chi connectivity index (χ4v) is 5.54. The van der Waals surface area contributed by atoms with Gasteiger partial charge < -0.3 is 25.2 Å². The summed E-state index contributed by atoms with van der Waals surface area (Å²) >= 11 is 6.74. The molecule has 0 aliphatic heterocycles. The van der Waals surface area contributed by atoms with Crippen LogP contribution in [0.3, 0.4) is 0 Å². The first-order valence-electron chi connectivity index (χ1n) is 14.7. The maximum Gasteiger partial charge on any atom is 0.325 e. The number of carbonyl (C=O) groups excluding carboxylic acids is 1. The van der Waals surface area contributed by atoms with E-state index in [0.29, 0.717) is 51.6 Å². The van der Waals surface area contributed by atoms with E-state index in [1.165, 1.54) is 19.2 Å². The van der Waals surface area contributed by atoms with Crippen molar-refractivity contribution >= 4 is 23.5 Å². The van der Waals surface area contributed by atoms with Crippen molar-refractivity contribution in [2.24, 2.45) is 0 Å². The molecular formula is C35H32ClFN4O5. The van der Waals surface area contributed by atoms with Gasteiger partial charge in [0.05, 0.1) is 16.6 Å². The van der Waals surface area contributed by atoms with E-state index in [2.05, 4.69) is 21.7 Å². The van der Waals surface area contributed by atoms with Gasteiger partial charge in [0.2, 0.25) is 5.91 Å². The normalized spacial score (nSPS) is 14.9. The molecule has 1 aromatic heterocycles. The maximum absolute atomic E-state index is 14.7. The number of fused-ring (bicyclic) bond motifs is 1. The predicted molar refractivity (Wildman–Crippen MR) is 170 cm³/mol. The summed E-state index contributed by atoms with van der Waals surface area (Å²) in [6.07, 6.45) is 4.11. The summed E-state index contributed by atoms with van der Waals surface area (Å²) < 4.78 is 27.3. The first-order chi connectivity index (χ1) is 22.1. The highest BCUT2D eigenvalue weighted by atomic mass is 35.5. The highest BCUT2D eigenvalue weighted by Crippen LogP contribution is 2.43. The number of aliphatic carboxylic acids is 1. The minimum atomic E-state index is -1.14. The molecule has 236 valence electrons. The number of benzene rings is 3. The van der Waals surface area contributed by atoms with Gasteiger partial charge in [0.1, 0.15) is 42.1 Å². The third-order valence-electron chi connectivity index (χ3n) is 7.80. The van der Waals surface area contributed by atoms with Crippen LogP contribution >= 0.6 is 11.6 Å². The average Bonchev–Trinajstić information content (AvgIpc) is 3.47. The smallest absolute Gasteiger partial charge is 0.325 e. The zero-order chi connectivity index (χ0) is 32.8. The van der Waals surface area contributed by atoms with Crippen LogP contribution in [-0.2, 0) is 29.2 Å².